The van der Waals surface area contributed by atoms with Gasteiger partial charge in [0.2, 0.25) is 0 Å². The predicted octanol–water partition coefficient (Wildman–Crippen LogP) is 22.5. The molecule has 76 heavy (non-hydrogen) atoms. The van der Waals surface area contributed by atoms with Crippen LogP contribution in [0.15, 0.2) is 72.9 Å². The van der Waals surface area contributed by atoms with Crippen molar-refractivity contribution in [1.29, 1.82) is 0 Å². The van der Waals surface area contributed by atoms with E-state index in [1.807, 2.05) is 0 Å². The van der Waals surface area contributed by atoms with Gasteiger partial charge in [0, 0.05) is 19.3 Å². The minimum Gasteiger partial charge on any atom is -0.462 e. The lowest BCUT2D eigenvalue weighted by Crippen LogP contribution is -2.30. The van der Waals surface area contributed by atoms with Gasteiger partial charge in [-0.3, -0.25) is 14.4 Å². The molecule has 0 aromatic heterocycles. The number of ether oxygens (including phenoxy) is 3. The lowest BCUT2D eigenvalue weighted by atomic mass is 10.0. The van der Waals surface area contributed by atoms with Crippen LogP contribution in [0.2, 0.25) is 0 Å². The van der Waals surface area contributed by atoms with Crippen molar-refractivity contribution >= 4 is 17.9 Å². The van der Waals surface area contributed by atoms with Crippen molar-refractivity contribution in [2.24, 2.45) is 0 Å². The van der Waals surface area contributed by atoms with Crippen molar-refractivity contribution < 1.29 is 28.6 Å². The van der Waals surface area contributed by atoms with Gasteiger partial charge in [0.25, 0.3) is 0 Å². The summed E-state index contributed by atoms with van der Waals surface area (Å²) in [6.07, 6.45) is 83.3. The topological polar surface area (TPSA) is 78.9 Å². The molecule has 6 nitrogen and oxygen atoms in total. The molecule has 0 radical (unpaired) electrons. The van der Waals surface area contributed by atoms with E-state index in [1.54, 1.807) is 0 Å². The van der Waals surface area contributed by atoms with E-state index in [4.69, 9.17) is 14.2 Å². The summed E-state index contributed by atoms with van der Waals surface area (Å²) in [6.45, 7) is 6.61. The summed E-state index contributed by atoms with van der Waals surface area (Å²) in [6, 6.07) is 0. The summed E-state index contributed by atoms with van der Waals surface area (Å²) in [5, 5.41) is 0. The third kappa shape index (κ3) is 61.7. The fourth-order valence-corrected chi connectivity index (χ4v) is 9.42. The second kappa shape index (κ2) is 64.4. The largest absolute Gasteiger partial charge is 0.462 e. The Bertz CT molecular complexity index is 1400. The molecule has 440 valence electrons. The molecule has 0 saturated carbocycles. The zero-order chi connectivity index (χ0) is 55.0. The number of hydrogen-bond acceptors (Lipinski definition) is 6. The predicted molar refractivity (Wildman–Crippen MR) is 330 cm³/mol. The van der Waals surface area contributed by atoms with E-state index in [1.165, 1.54) is 199 Å². The van der Waals surface area contributed by atoms with E-state index in [-0.39, 0.29) is 31.1 Å². The Kier molecular flexibility index (Phi) is 61.7. The molecule has 0 aliphatic carbocycles. The molecule has 1 unspecified atom stereocenters. The zero-order valence-electron chi connectivity index (χ0n) is 50.5. The van der Waals surface area contributed by atoms with Crippen LogP contribution in [0.3, 0.4) is 0 Å². The van der Waals surface area contributed by atoms with Gasteiger partial charge in [-0.05, 0) is 116 Å². The zero-order valence-corrected chi connectivity index (χ0v) is 50.5. The number of carbonyl (C=O) groups is 3. The van der Waals surface area contributed by atoms with Crippen molar-refractivity contribution in [2.45, 2.75) is 341 Å². The highest BCUT2D eigenvalue weighted by Crippen LogP contribution is 2.16. The van der Waals surface area contributed by atoms with Gasteiger partial charge < -0.3 is 14.2 Å². The Labute approximate surface area is 472 Å². The molecule has 0 amide bonds. The standard InChI is InChI=1S/C70H124O6/c1-4-7-10-13-16-19-22-25-28-31-32-33-34-35-36-37-38-40-42-45-48-51-54-57-60-63-69(72)75-66-67(65-74-68(71)62-59-56-53-50-47-44-41-30-27-24-21-18-15-12-9-6-3)76-70(73)64-61-58-55-52-49-46-43-39-29-26-23-20-17-14-11-8-5-2/h17,20-22,24-26,29-32,41,67H,4-16,18-19,23,27-28,33-40,42-66H2,1-3H3/b20-17-,24-21-,25-22-,29-26-,32-31-,41-30-. The van der Waals surface area contributed by atoms with Crippen LogP contribution in [0.25, 0.3) is 0 Å². The normalized spacial score (nSPS) is 12.5. The molecule has 0 aliphatic heterocycles. The van der Waals surface area contributed by atoms with Gasteiger partial charge in [0.15, 0.2) is 6.10 Å². The molecule has 0 heterocycles. The third-order valence-electron chi connectivity index (χ3n) is 14.4. The Morgan fingerprint density at radius 3 is 0.763 bits per heavy atom. The Morgan fingerprint density at radius 2 is 0.474 bits per heavy atom. The minimum absolute atomic E-state index is 0.0820. The molecule has 0 spiro atoms. The number of esters is 3. The Balaban J connectivity index is 4.33. The molecule has 0 fully saturated rings. The molecule has 1 atom stereocenters. The van der Waals surface area contributed by atoms with Crippen molar-refractivity contribution in [3.05, 3.63) is 72.9 Å². The first-order valence-corrected chi connectivity index (χ1v) is 32.9. The molecule has 0 aromatic rings. The van der Waals surface area contributed by atoms with Gasteiger partial charge in [0.05, 0.1) is 0 Å². The number of unbranched alkanes of at least 4 members (excludes halogenated alkanes) is 37. The molecule has 0 aliphatic rings. The van der Waals surface area contributed by atoms with Gasteiger partial charge in [-0.1, -0.05) is 273 Å². The second-order valence-electron chi connectivity index (χ2n) is 22.0. The molecular formula is C70H124O6. The fourth-order valence-electron chi connectivity index (χ4n) is 9.42. The second-order valence-corrected chi connectivity index (χ2v) is 22.0. The average Bonchev–Trinajstić information content (AvgIpc) is 3.42. The van der Waals surface area contributed by atoms with Crippen LogP contribution < -0.4 is 0 Å². The van der Waals surface area contributed by atoms with E-state index in [2.05, 4.69) is 93.7 Å². The molecule has 0 aromatic carbocycles. The van der Waals surface area contributed by atoms with Crippen LogP contribution in [-0.4, -0.2) is 37.2 Å². The molecule has 0 N–H and O–H groups in total. The number of allylic oxidation sites excluding steroid dienone is 12. The summed E-state index contributed by atoms with van der Waals surface area (Å²) in [4.78, 5) is 38.3. The molecule has 0 saturated heterocycles. The summed E-state index contributed by atoms with van der Waals surface area (Å²) in [7, 11) is 0. The van der Waals surface area contributed by atoms with E-state index in [9.17, 15) is 14.4 Å². The lowest BCUT2D eigenvalue weighted by Gasteiger charge is -2.18. The first-order valence-electron chi connectivity index (χ1n) is 32.9. The summed E-state index contributed by atoms with van der Waals surface area (Å²) >= 11 is 0. The van der Waals surface area contributed by atoms with Gasteiger partial charge in [0.1, 0.15) is 13.2 Å². The SMILES string of the molecule is CCCCC/C=C\C/C=C\CCCCCCCCCC(=O)OC(COC(=O)CCCCCCC/C=C\C/C=C\CCCCCC)COC(=O)CCCCCCCCCCCCCCC/C=C\C/C=C\CCCCCCC. The van der Waals surface area contributed by atoms with Crippen LogP contribution in [0.1, 0.15) is 335 Å². The quantitative estimate of drug-likeness (QED) is 0.0261. The van der Waals surface area contributed by atoms with Gasteiger partial charge >= 0.3 is 17.9 Å². The van der Waals surface area contributed by atoms with Crippen LogP contribution in [0.5, 0.6) is 0 Å². The van der Waals surface area contributed by atoms with Crippen molar-refractivity contribution in [3.63, 3.8) is 0 Å². The molecule has 0 rings (SSSR count). The lowest BCUT2D eigenvalue weighted by molar-refractivity contribution is -0.167. The highest BCUT2D eigenvalue weighted by atomic mass is 16.6. The van der Waals surface area contributed by atoms with Crippen molar-refractivity contribution in [1.82, 2.24) is 0 Å². The van der Waals surface area contributed by atoms with Gasteiger partial charge in [-0.2, -0.15) is 0 Å². The third-order valence-corrected chi connectivity index (χ3v) is 14.4. The van der Waals surface area contributed by atoms with E-state index < -0.39 is 6.10 Å². The average molecular weight is 1060 g/mol. The van der Waals surface area contributed by atoms with E-state index in [0.717, 1.165) is 96.3 Å². The van der Waals surface area contributed by atoms with Crippen molar-refractivity contribution in [2.75, 3.05) is 13.2 Å². The first-order chi connectivity index (χ1) is 37.5. The Hall–Kier alpha value is -3.15. The smallest absolute Gasteiger partial charge is 0.306 e. The molecule has 6 heteroatoms. The van der Waals surface area contributed by atoms with Crippen LogP contribution in [0.4, 0.5) is 0 Å². The highest BCUT2D eigenvalue weighted by Gasteiger charge is 2.19. The summed E-state index contributed by atoms with van der Waals surface area (Å²) < 4.78 is 16.9. The maximum absolute atomic E-state index is 12.9. The number of carbonyl (C=O) groups excluding carboxylic acids is 3. The Morgan fingerprint density at radius 1 is 0.263 bits per heavy atom. The van der Waals surface area contributed by atoms with Crippen LogP contribution in [-0.2, 0) is 28.6 Å². The van der Waals surface area contributed by atoms with Gasteiger partial charge in [-0.15, -0.1) is 0 Å². The fraction of sp³-hybridized carbons (Fsp3) is 0.786. The number of hydrogen-bond donors (Lipinski definition) is 0. The number of rotatable bonds is 60. The van der Waals surface area contributed by atoms with Crippen LogP contribution >= 0.6 is 0 Å². The van der Waals surface area contributed by atoms with Crippen LogP contribution in [0, 0.1) is 0 Å². The summed E-state index contributed by atoms with van der Waals surface area (Å²) in [5.74, 6) is -0.889. The molecular weight excluding hydrogens is 937 g/mol. The van der Waals surface area contributed by atoms with E-state index >= 15 is 0 Å². The minimum atomic E-state index is -0.787. The van der Waals surface area contributed by atoms with Crippen molar-refractivity contribution in [3.8, 4) is 0 Å². The maximum Gasteiger partial charge on any atom is 0.306 e. The highest BCUT2D eigenvalue weighted by molar-refractivity contribution is 5.71. The summed E-state index contributed by atoms with van der Waals surface area (Å²) in [5.41, 5.74) is 0. The first kappa shape index (κ1) is 72.8. The molecule has 0 bridgehead atoms. The monoisotopic (exact) mass is 1060 g/mol. The van der Waals surface area contributed by atoms with E-state index in [0.29, 0.717) is 19.3 Å². The van der Waals surface area contributed by atoms with Gasteiger partial charge in [-0.25, -0.2) is 0 Å². The maximum atomic E-state index is 12.9.